The Hall–Kier alpha value is -2.94. The number of benzene rings is 1. The van der Waals surface area contributed by atoms with Gasteiger partial charge in [0.05, 0.1) is 18.2 Å². The predicted octanol–water partition coefficient (Wildman–Crippen LogP) is 2.36. The molecule has 1 heterocycles. The minimum atomic E-state index is -0.807. The van der Waals surface area contributed by atoms with Crippen molar-refractivity contribution in [3.63, 3.8) is 0 Å². The average Bonchev–Trinajstić information content (AvgIpc) is 2.95. The minimum Gasteiger partial charge on any atom is -0.344 e. The maximum Gasteiger partial charge on any atom is 0.298 e. The first-order chi connectivity index (χ1) is 10.1. The number of halogens is 1. The molecule has 1 aromatic carbocycles. The highest BCUT2D eigenvalue weighted by Gasteiger charge is 2.19. The van der Waals surface area contributed by atoms with E-state index in [2.05, 4.69) is 5.32 Å². The fourth-order valence-electron chi connectivity index (χ4n) is 1.82. The van der Waals surface area contributed by atoms with Crippen LogP contribution in [0.15, 0.2) is 42.6 Å². The molecule has 5 nitrogen and oxygen atoms in total. The lowest BCUT2D eigenvalue weighted by molar-refractivity contribution is -0.112. The summed E-state index contributed by atoms with van der Waals surface area (Å²) < 4.78 is 14.3. The second-order valence-electron chi connectivity index (χ2n) is 4.29. The van der Waals surface area contributed by atoms with Gasteiger partial charge in [-0.1, -0.05) is 0 Å². The number of hydrogen-bond donors (Lipinski definition) is 1. The van der Waals surface area contributed by atoms with Crippen LogP contribution in [0.25, 0.3) is 0 Å². The maximum atomic E-state index is 12.8. The lowest BCUT2D eigenvalue weighted by Crippen LogP contribution is -2.25. The monoisotopic (exact) mass is 285 g/mol. The number of Topliss-reactive ketones (excluding diaryl/α,β-unsaturated/α-hetero) is 1. The third-order valence-electron chi connectivity index (χ3n) is 2.84. The summed E-state index contributed by atoms with van der Waals surface area (Å²) in [4.78, 5) is 24.0. The van der Waals surface area contributed by atoms with Gasteiger partial charge in [0.15, 0.2) is 0 Å². The molecule has 0 fully saturated rings. The first-order valence-corrected chi connectivity index (χ1v) is 6.25. The lowest BCUT2D eigenvalue weighted by atomic mass is 10.2. The summed E-state index contributed by atoms with van der Waals surface area (Å²) in [5.41, 5.74) is 0.551. The van der Waals surface area contributed by atoms with Crippen LogP contribution in [-0.4, -0.2) is 16.3 Å². The Bertz CT molecular complexity index is 698. The fraction of sp³-hybridized carbons (Fsp3) is 0.133. The molecule has 6 heteroatoms. The molecule has 0 atom stereocenters. The number of nitrogens with one attached hydrogen (secondary N) is 1. The smallest absolute Gasteiger partial charge is 0.298 e. The van der Waals surface area contributed by atoms with Crippen LogP contribution in [0, 0.1) is 17.1 Å². The molecule has 0 saturated carbocycles. The standard InChI is InChI=1S/C15H12FN3O2/c16-11-4-6-12(7-5-11)18-15(21)14(20)13-3-1-9-19(13)10-2-8-17/h1,3-7,9H,2,10H2,(H,18,21). The summed E-state index contributed by atoms with van der Waals surface area (Å²) in [6, 6.07) is 10.3. The predicted molar refractivity (Wildman–Crippen MR) is 74.0 cm³/mol. The van der Waals surface area contributed by atoms with Gasteiger partial charge in [-0.05, 0) is 36.4 Å². The first-order valence-electron chi connectivity index (χ1n) is 6.25. The number of hydrogen-bond acceptors (Lipinski definition) is 3. The van der Waals surface area contributed by atoms with Crippen molar-refractivity contribution in [2.24, 2.45) is 0 Å². The quantitative estimate of drug-likeness (QED) is 0.677. The molecule has 0 radical (unpaired) electrons. The van der Waals surface area contributed by atoms with Crippen molar-refractivity contribution in [1.82, 2.24) is 4.57 Å². The second-order valence-corrected chi connectivity index (χ2v) is 4.29. The summed E-state index contributed by atoms with van der Waals surface area (Å²) in [5, 5.41) is 11.0. The molecule has 1 aromatic heterocycles. The molecule has 106 valence electrons. The van der Waals surface area contributed by atoms with Crippen LogP contribution in [0.5, 0.6) is 0 Å². The Labute approximate surface area is 120 Å². The molecule has 2 rings (SSSR count). The molecule has 0 aliphatic carbocycles. The SMILES string of the molecule is N#CCCn1cccc1C(=O)C(=O)Nc1ccc(F)cc1. The van der Waals surface area contributed by atoms with E-state index < -0.39 is 17.5 Å². The Morgan fingerprint density at radius 1 is 1.24 bits per heavy atom. The van der Waals surface area contributed by atoms with Gasteiger partial charge in [0.1, 0.15) is 5.82 Å². The van der Waals surface area contributed by atoms with Gasteiger partial charge in [-0.15, -0.1) is 0 Å². The molecule has 21 heavy (non-hydrogen) atoms. The largest absolute Gasteiger partial charge is 0.344 e. The summed E-state index contributed by atoms with van der Waals surface area (Å²) in [7, 11) is 0. The number of amides is 1. The molecule has 0 saturated heterocycles. The zero-order valence-electron chi connectivity index (χ0n) is 11.0. The second kappa shape index (κ2) is 6.48. The van der Waals surface area contributed by atoms with Crippen LogP contribution >= 0.6 is 0 Å². The molecular weight excluding hydrogens is 273 g/mol. The van der Waals surface area contributed by atoms with Crippen molar-refractivity contribution in [1.29, 1.82) is 5.26 Å². The van der Waals surface area contributed by atoms with Crippen molar-refractivity contribution in [3.8, 4) is 6.07 Å². The molecule has 0 aliphatic rings. The summed E-state index contributed by atoms with van der Waals surface area (Å²) >= 11 is 0. The highest BCUT2D eigenvalue weighted by molar-refractivity contribution is 6.46. The van der Waals surface area contributed by atoms with Gasteiger partial charge in [-0.2, -0.15) is 5.26 Å². The fourth-order valence-corrected chi connectivity index (χ4v) is 1.82. The van der Waals surface area contributed by atoms with Crippen LogP contribution < -0.4 is 5.32 Å². The Morgan fingerprint density at radius 3 is 2.62 bits per heavy atom. The molecule has 2 aromatic rings. The zero-order valence-corrected chi connectivity index (χ0v) is 11.0. The van der Waals surface area contributed by atoms with E-state index in [1.807, 2.05) is 6.07 Å². The van der Waals surface area contributed by atoms with Crippen LogP contribution in [0.4, 0.5) is 10.1 Å². The van der Waals surface area contributed by atoms with E-state index in [0.29, 0.717) is 12.2 Å². The van der Waals surface area contributed by atoms with Gasteiger partial charge in [0.25, 0.3) is 11.7 Å². The Morgan fingerprint density at radius 2 is 1.95 bits per heavy atom. The Balaban J connectivity index is 2.09. The van der Waals surface area contributed by atoms with Crippen LogP contribution in [0.3, 0.4) is 0 Å². The van der Waals surface area contributed by atoms with Crippen molar-refractivity contribution < 1.29 is 14.0 Å². The molecule has 0 bridgehead atoms. The van der Waals surface area contributed by atoms with Gasteiger partial charge in [0.2, 0.25) is 0 Å². The molecule has 0 spiro atoms. The summed E-state index contributed by atoms with van der Waals surface area (Å²) in [6.45, 7) is 0.342. The van der Waals surface area contributed by atoms with Gasteiger partial charge >= 0.3 is 0 Å². The molecule has 0 unspecified atom stereocenters. The highest BCUT2D eigenvalue weighted by Crippen LogP contribution is 2.10. The number of nitrogens with zero attached hydrogens (tertiary/aromatic N) is 2. The molecule has 1 N–H and O–H groups in total. The van der Waals surface area contributed by atoms with Crippen molar-refractivity contribution in [3.05, 3.63) is 54.1 Å². The van der Waals surface area contributed by atoms with Crippen LogP contribution in [0.2, 0.25) is 0 Å². The zero-order chi connectivity index (χ0) is 15.2. The molecule has 0 aliphatic heterocycles. The number of carbonyl (C=O) groups is 2. The van der Waals surface area contributed by atoms with Gasteiger partial charge < -0.3 is 9.88 Å². The summed E-state index contributed by atoms with van der Waals surface area (Å²) in [5.74, 6) is -1.94. The minimum absolute atomic E-state index is 0.213. The van der Waals surface area contributed by atoms with Gasteiger partial charge in [-0.3, -0.25) is 9.59 Å². The van der Waals surface area contributed by atoms with E-state index in [-0.39, 0.29) is 12.1 Å². The van der Waals surface area contributed by atoms with Gasteiger partial charge in [0, 0.05) is 18.4 Å². The van der Waals surface area contributed by atoms with E-state index >= 15 is 0 Å². The number of rotatable bonds is 5. The van der Waals surface area contributed by atoms with Gasteiger partial charge in [-0.25, -0.2) is 4.39 Å². The topological polar surface area (TPSA) is 74.9 Å². The third kappa shape index (κ3) is 3.54. The van der Waals surface area contributed by atoms with E-state index in [4.69, 9.17) is 5.26 Å². The molecule has 1 amide bonds. The molecular formula is C15H12FN3O2. The van der Waals surface area contributed by atoms with E-state index in [1.54, 1.807) is 16.8 Å². The first kappa shape index (κ1) is 14.5. The Kier molecular flexibility index (Phi) is 4.46. The van der Waals surface area contributed by atoms with Crippen molar-refractivity contribution in [2.75, 3.05) is 5.32 Å². The lowest BCUT2D eigenvalue weighted by Gasteiger charge is -2.07. The van der Waals surface area contributed by atoms with E-state index in [1.165, 1.54) is 30.3 Å². The normalized spacial score (nSPS) is 9.90. The third-order valence-corrected chi connectivity index (χ3v) is 2.84. The maximum absolute atomic E-state index is 12.8. The number of aromatic nitrogens is 1. The number of aryl methyl sites for hydroxylation is 1. The van der Waals surface area contributed by atoms with Crippen LogP contribution in [0.1, 0.15) is 16.9 Å². The van der Waals surface area contributed by atoms with Crippen molar-refractivity contribution in [2.45, 2.75) is 13.0 Å². The summed E-state index contributed by atoms with van der Waals surface area (Å²) in [6.07, 6.45) is 1.88. The number of ketones is 1. The van der Waals surface area contributed by atoms with Crippen molar-refractivity contribution >= 4 is 17.4 Å². The number of nitriles is 1. The number of anilines is 1. The number of carbonyl (C=O) groups excluding carboxylic acids is 2. The average molecular weight is 285 g/mol. The highest BCUT2D eigenvalue weighted by atomic mass is 19.1. The van der Waals surface area contributed by atoms with Crippen LogP contribution in [-0.2, 0) is 11.3 Å². The van der Waals surface area contributed by atoms with E-state index in [0.717, 1.165) is 0 Å². The van der Waals surface area contributed by atoms with E-state index in [9.17, 15) is 14.0 Å².